The summed E-state index contributed by atoms with van der Waals surface area (Å²) in [7, 11) is 7.62. The third kappa shape index (κ3) is 11.7. The lowest BCUT2D eigenvalue weighted by atomic mass is 9.79. The van der Waals surface area contributed by atoms with E-state index < -0.39 is 11.2 Å². The highest BCUT2D eigenvalue weighted by Gasteiger charge is 2.39. The van der Waals surface area contributed by atoms with Crippen LogP contribution in [0.1, 0.15) is 76.1 Å². The normalized spacial score (nSPS) is 19.8. The van der Waals surface area contributed by atoms with Gasteiger partial charge < -0.3 is 33.6 Å². The van der Waals surface area contributed by atoms with Crippen molar-refractivity contribution in [3.05, 3.63) is 81.1 Å². The van der Waals surface area contributed by atoms with Crippen molar-refractivity contribution in [1.82, 2.24) is 19.7 Å². The Morgan fingerprint density at radius 1 is 0.966 bits per heavy atom. The van der Waals surface area contributed by atoms with Crippen LogP contribution in [0.5, 0.6) is 5.75 Å². The number of allylic oxidation sites excluding steroid dienone is 1. The molecule has 0 radical (unpaired) electrons. The van der Waals surface area contributed by atoms with E-state index in [1.54, 1.807) is 26.0 Å². The van der Waals surface area contributed by atoms with Crippen LogP contribution in [0.25, 0.3) is 0 Å². The minimum absolute atomic E-state index is 0.352. The van der Waals surface area contributed by atoms with E-state index in [4.69, 9.17) is 23.9 Å². The summed E-state index contributed by atoms with van der Waals surface area (Å²) in [5, 5.41) is 22.6. The van der Waals surface area contributed by atoms with Crippen LogP contribution in [0.15, 0.2) is 63.9 Å². The average Bonchev–Trinajstić information content (AvgIpc) is 3.24. The fourth-order valence-corrected chi connectivity index (χ4v) is 9.18. The number of aromatic nitrogens is 1. The Labute approximate surface area is 358 Å². The van der Waals surface area contributed by atoms with Gasteiger partial charge in [0.05, 0.1) is 55.3 Å². The number of thioether (sulfide) groups is 1. The lowest BCUT2D eigenvalue weighted by Gasteiger charge is -2.41. The second kappa shape index (κ2) is 21.1. The third-order valence-electron chi connectivity index (χ3n) is 12.2. The van der Waals surface area contributed by atoms with Gasteiger partial charge in [-0.1, -0.05) is 32.6 Å². The van der Waals surface area contributed by atoms with Crippen LogP contribution < -0.4 is 9.64 Å². The van der Waals surface area contributed by atoms with Gasteiger partial charge in [0, 0.05) is 95.4 Å². The number of benzene rings is 1. The Morgan fingerprint density at radius 2 is 1.69 bits per heavy atom. The van der Waals surface area contributed by atoms with Crippen LogP contribution in [0, 0.1) is 22.7 Å². The van der Waals surface area contributed by atoms with E-state index in [9.17, 15) is 10.5 Å². The molecule has 0 aliphatic carbocycles. The van der Waals surface area contributed by atoms with E-state index in [1.165, 1.54) is 5.56 Å². The summed E-state index contributed by atoms with van der Waals surface area (Å²) < 4.78 is 24.0. The van der Waals surface area contributed by atoms with Crippen molar-refractivity contribution in [2.45, 2.75) is 89.6 Å². The number of hydrogen-bond acceptors (Lipinski definition) is 12. The summed E-state index contributed by atoms with van der Waals surface area (Å²) >= 11 is 1.65. The minimum atomic E-state index is -0.644. The number of aryl methyl sites for hydroxylation is 1. The molecule has 0 spiro atoms. The number of nitrogens with zero attached hydrogens (tertiary/aromatic N) is 7. The van der Waals surface area contributed by atoms with Crippen LogP contribution in [0.4, 0.5) is 5.82 Å². The number of fused-ring (bicyclic) bond motifs is 1. The first-order chi connectivity index (χ1) is 28.3. The molecule has 0 amide bonds. The third-order valence-corrected chi connectivity index (χ3v) is 13.2. The molecule has 1 fully saturated rings. The Morgan fingerprint density at radius 3 is 2.32 bits per heavy atom. The van der Waals surface area contributed by atoms with Crippen molar-refractivity contribution in [1.29, 1.82) is 10.5 Å². The van der Waals surface area contributed by atoms with Gasteiger partial charge in [-0.15, -0.1) is 11.8 Å². The van der Waals surface area contributed by atoms with Crippen molar-refractivity contribution in [3.63, 3.8) is 0 Å². The molecule has 320 valence electrons. The summed E-state index contributed by atoms with van der Waals surface area (Å²) in [5.41, 5.74) is 7.49. The highest BCUT2D eigenvalue weighted by atomic mass is 32.2. The van der Waals surface area contributed by atoms with Gasteiger partial charge in [0.15, 0.2) is 0 Å². The quantitative estimate of drug-likeness (QED) is 0.104. The summed E-state index contributed by atoms with van der Waals surface area (Å²) in [6, 6.07) is 13.4. The predicted octanol–water partition coefficient (Wildman–Crippen LogP) is 7.41. The molecule has 3 aliphatic rings. The molecular formula is C47H67N7O4S. The molecule has 1 saturated heterocycles. The van der Waals surface area contributed by atoms with Crippen LogP contribution in [-0.2, 0) is 33.7 Å². The Balaban J connectivity index is 1.49. The molecule has 1 aromatic heterocycles. The van der Waals surface area contributed by atoms with Gasteiger partial charge in [0.25, 0.3) is 0 Å². The number of hydrogen-bond donors (Lipinski definition) is 0. The molecule has 0 N–H and O–H groups in total. The Bertz CT molecular complexity index is 1920. The van der Waals surface area contributed by atoms with Crippen LogP contribution in [0.3, 0.4) is 0 Å². The molecule has 0 saturated carbocycles. The van der Waals surface area contributed by atoms with E-state index in [1.807, 2.05) is 12.1 Å². The zero-order valence-electron chi connectivity index (χ0n) is 37.2. The van der Waals surface area contributed by atoms with Gasteiger partial charge in [-0.3, -0.25) is 4.90 Å². The summed E-state index contributed by atoms with van der Waals surface area (Å²) in [6.45, 7) is 23.7. The molecule has 1 atom stereocenters. The van der Waals surface area contributed by atoms with Crippen molar-refractivity contribution >= 4 is 17.6 Å². The van der Waals surface area contributed by atoms with Crippen LogP contribution in [0.2, 0.25) is 0 Å². The van der Waals surface area contributed by atoms with Crippen molar-refractivity contribution in [3.8, 4) is 17.9 Å². The number of ether oxygens (including phenoxy) is 4. The maximum Gasteiger partial charge on any atom is 0.135 e. The predicted molar refractivity (Wildman–Crippen MR) is 238 cm³/mol. The molecule has 2 aromatic rings. The fourth-order valence-electron chi connectivity index (χ4n) is 8.19. The van der Waals surface area contributed by atoms with Gasteiger partial charge in [0.1, 0.15) is 22.7 Å². The van der Waals surface area contributed by atoms with Gasteiger partial charge in [-0.2, -0.15) is 10.5 Å². The minimum Gasteiger partial charge on any atom is -0.497 e. The molecule has 1 aromatic carbocycles. The Kier molecular flexibility index (Phi) is 16.5. The van der Waals surface area contributed by atoms with Gasteiger partial charge in [-0.05, 0) is 88.0 Å². The molecule has 59 heavy (non-hydrogen) atoms. The number of likely N-dealkylation sites (N-methyl/N-ethyl adjacent to an activating group) is 2. The zero-order valence-corrected chi connectivity index (χ0v) is 38.0. The highest BCUT2D eigenvalue weighted by Crippen LogP contribution is 2.44. The number of anilines is 1. The van der Waals surface area contributed by atoms with Gasteiger partial charge in [-0.25, -0.2) is 4.98 Å². The van der Waals surface area contributed by atoms with E-state index in [2.05, 4.69) is 99.2 Å². The maximum absolute atomic E-state index is 11.0. The van der Waals surface area contributed by atoms with Crippen LogP contribution in [-0.4, -0.2) is 131 Å². The first-order valence-electron chi connectivity index (χ1n) is 21.2. The number of piperazine rings is 1. The first-order valence-corrected chi connectivity index (χ1v) is 22.2. The van der Waals surface area contributed by atoms with Crippen LogP contribution >= 0.6 is 11.8 Å². The number of nitriles is 2. The zero-order chi connectivity index (χ0) is 42.7. The molecular weight excluding hydrogens is 759 g/mol. The van der Waals surface area contributed by atoms with Gasteiger partial charge in [0.2, 0.25) is 0 Å². The second-order valence-corrected chi connectivity index (χ2v) is 18.0. The van der Waals surface area contributed by atoms with Crippen molar-refractivity contribution < 1.29 is 18.9 Å². The molecule has 0 bridgehead atoms. The number of methoxy groups -OCH3 is 2. The standard InChI is InChI=1S/C47H67N7O4S/c1-11-36(40(30-48)38-28-46(4,5)57-32-42(38)34(3)52(8)19-18-51(7)12-2)27-47(6)29-39-41(31-49)45(59-26-17-35-13-15-37(56-10)16-14-35)50-44(43(39)33-58-47)54-22-20-53(21-23-54)24-25-55-9/h13-16H,3,11-12,17-29,32-33H2,1-2,4-10H3. The lowest BCUT2D eigenvalue weighted by molar-refractivity contribution is -0.0540. The largest absolute Gasteiger partial charge is 0.497 e. The van der Waals surface area contributed by atoms with E-state index >= 15 is 0 Å². The molecule has 11 nitrogen and oxygen atoms in total. The van der Waals surface area contributed by atoms with Gasteiger partial charge >= 0.3 is 0 Å². The van der Waals surface area contributed by atoms with E-state index in [0.29, 0.717) is 56.6 Å². The molecule has 12 heteroatoms. The summed E-state index contributed by atoms with van der Waals surface area (Å²) in [6.07, 6.45) is 3.26. The number of rotatable bonds is 19. The lowest BCUT2D eigenvalue weighted by Crippen LogP contribution is -2.48. The van der Waals surface area contributed by atoms with Crippen molar-refractivity contribution in [2.75, 3.05) is 105 Å². The average molecular weight is 826 g/mol. The molecule has 1 unspecified atom stereocenters. The topological polar surface area (TPSA) is 110 Å². The smallest absolute Gasteiger partial charge is 0.135 e. The van der Waals surface area contributed by atoms with E-state index in [-0.39, 0.29) is 0 Å². The molecule has 5 rings (SSSR count). The monoisotopic (exact) mass is 825 g/mol. The first kappa shape index (κ1) is 46.2. The summed E-state index contributed by atoms with van der Waals surface area (Å²) in [5.74, 6) is 2.55. The molecule has 3 aliphatic heterocycles. The molecule has 4 heterocycles. The SMILES string of the molecule is C=C(C1=C(C(C#N)=C(CC)CC2(C)Cc3c(C#N)c(SCCc4ccc(OC)cc4)nc(N4CCN(CCOC)CC4)c3CO2)CC(C)(C)OC1)N(C)CCN(C)CC. The Hall–Kier alpha value is -3.88. The fraction of sp³-hybridized carbons (Fsp3) is 0.596. The van der Waals surface area contributed by atoms with Crippen molar-refractivity contribution in [2.24, 2.45) is 0 Å². The number of pyridine rings is 1. The maximum atomic E-state index is 11.0. The van der Waals surface area contributed by atoms with E-state index in [0.717, 1.165) is 115 Å². The highest BCUT2D eigenvalue weighted by molar-refractivity contribution is 7.99. The summed E-state index contributed by atoms with van der Waals surface area (Å²) in [4.78, 5) is 14.5. The second-order valence-electron chi connectivity index (χ2n) is 16.9.